The van der Waals surface area contributed by atoms with Gasteiger partial charge in [0.1, 0.15) is 11.6 Å². The van der Waals surface area contributed by atoms with E-state index in [2.05, 4.69) is 5.32 Å². The summed E-state index contributed by atoms with van der Waals surface area (Å²) in [6, 6.07) is 3.65. The van der Waals surface area contributed by atoms with E-state index in [9.17, 15) is 8.78 Å². The van der Waals surface area contributed by atoms with Crippen molar-refractivity contribution in [1.29, 1.82) is 0 Å². The molecule has 1 heterocycles. The van der Waals surface area contributed by atoms with Crippen LogP contribution >= 0.6 is 0 Å². The Kier molecular flexibility index (Phi) is 4.24. The number of ether oxygens (including phenoxy) is 2. The van der Waals surface area contributed by atoms with Crippen LogP contribution in [0, 0.1) is 11.6 Å². The standard InChI is InChI=1S/C16H21F2NO2/c1-11(14-10-12(17)2-3-15(14)18)19-13-4-6-16(7-5-13)20-8-9-21-16/h2-3,10-11,13,19H,4-9H2,1H3. The first-order chi connectivity index (χ1) is 10.1. The molecule has 0 bridgehead atoms. The van der Waals surface area contributed by atoms with Crippen LogP contribution in [0.5, 0.6) is 0 Å². The predicted molar refractivity (Wildman–Crippen MR) is 74.8 cm³/mol. The van der Waals surface area contributed by atoms with E-state index < -0.39 is 5.82 Å². The average molecular weight is 297 g/mol. The van der Waals surface area contributed by atoms with Crippen LogP contribution in [0.1, 0.15) is 44.2 Å². The molecule has 1 aliphatic heterocycles. The van der Waals surface area contributed by atoms with E-state index >= 15 is 0 Å². The third-order valence-corrected chi connectivity index (χ3v) is 4.47. The molecule has 1 N–H and O–H groups in total. The molecule has 0 aromatic heterocycles. The van der Waals surface area contributed by atoms with Gasteiger partial charge in [-0.3, -0.25) is 0 Å². The van der Waals surface area contributed by atoms with Crippen molar-refractivity contribution in [1.82, 2.24) is 5.32 Å². The summed E-state index contributed by atoms with van der Waals surface area (Å²) in [5.41, 5.74) is 0.378. The number of benzene rings is 1. The van der Waals surface area contributed by atoms with Gasteiger partial charge in [0.15, 0.2) is 5.79 Å². The van der Waals surface area contributed by atoms with Crippen LogP contribution < -0.4 is 5.32 Å². The van der Waals surface area contributed by atoms with Crippen molar-refractivity contribution in [3.05, 3.63) is 35.4 Å². The summed E-state index contributed by atoms with van der Waals surface area (Å²) < 4.78 is 38.4. The first-order valence-corrected chi connectivity index (χ1v) is 7.57. The molecule has 1 aromatic carbocycles. The molecule has 1 spiro atoms. The molecule has 1 saturated carbocycles. The molecule has 1 unspecified atom stereocenters. The van der Waals surface area contributed by atoms with Crippen molar-refractivity contribution in [2.24, 2.45) is 0 Å². The second-order valence-corrected chi connectivity index (χ2v) is 5.94. The molecule has 2 aliphatic rings. The lowest BCUT2D eigenvalue weighted by molar-refractivity contribution is -0.179. The number of nitrogens with one attached hydrogen (secondary N) is 1. The second kappa shape index (κ2) is 5.99. The van der Waals surface area contributed by atoms with Gasteiger partial charge in [0.05, 0.1) is 13.2 Å². The lowest BCUT2D eigenvalue weighted by atomic mass is 9.89. The Balaban J connectivity index is 1.58. The van der Waals surface area contributed by atoms with Crippen LogP contribution in [0.15, 0.2) is 18.2 Å². The lowest BCUT2D eigenvalue weighted by Gasteiger charge is -2.36. The van der Waals surface area contributed by atoms with E-state index in [1.165, 1.54) is 12.1 Å². The van der Waals surface area contributed by atoms with Gasteiger partial charge in [0, 0.05) is 30.5 Å². The quantitative estimate of drug-likeness (QED) is 0.928. The van der Waals surface area contributed by atoms with Crippen molar-refractivity contribution < 1.29 is 18.3 Å². The third kappa shape index (κ3) is 3.25. The molecular weight excluding hydrogens is 276 g/mol. The summed E-state index contributed by atoms with van der Waals surface area (Å²) >= 11 is 0. The number of halogens is 2. The monoisotopic (exact) mass is 297 g/mol. The molecule has 2 fully saturated rings. The summed E-state index contributed by atoms with van der Waals surface area (Å²) in [4.78, 5) is 0. The molecule has 1 atom stereocenters. The van der Waals surface area contributed by atoms with Crippen LogP contribution in [0.3, 0.4) is 0 Å². The normalized spacial score (nSPS) is 23.6. The lowest BCUT2D eigenvalue weighted by Crippen LogP contribution is -2.42. The van der Waals surface area contributed by atoms with E-state index in [0.717, 1.165) is 31.7 Å². The molecule has 0 radical (unpaired) electrons. The zero-order valence-electron chi connectivity index (χ0n) is 12.2. The summed E-state index contributed by atoms with van der Waals surface area (Å²) in [5, 5.41) is 3.39. The SMILES string of the molecule is CC(NC1CCC2(CC1)OCCO2)c1cc(F)ccc1F. The fourth-order valence-corrected chi connectivity index (χ4v) is 3.30. The number of hydrogen-bond acceptors (Lipinski definition) is 3. The van der Waals surface area contributed by atoms with Crippen molar-refractivity contribution in [3.8, 4) is 0 Å². The molecule has 5 heteroatoms. The highest BCUT2D eigenvalue weighted by atomic mass is 19.1. The highest BCUT2D eigenvalue weighted by Gasteiger charge is 2.40. The minimum atomic E-state index is -0.407. The summed E-state index contributed by atoms with van der Waals surface area (Å²) in [7, 11) is 0. The number of rotatable bonds is 3. The van der Waals surface area contributed by atoms with Gasteiger partial charge in [-0.2, -0.15) is 0 Å². The molecule has 1 saturated heterocycles. The molecule has 0 amide bonds. The van der Waals surface area contributed by atoms with Gasteiger partial charge in [0.25, 0.3) is 0 Å². The fraction of sp³-hybridized carbons (Fsp3) is 0.625. The van der Waals surface area contributed by atoms with Crippen molar-refractivity contribution in [2.75, 3.05) is 13.2 Å². The van der Waals surface area contributed by atoms with Gasteiger partial charge >= 0.3 is 0 Å². The van der Waals surface area contributed by atoms with E-state index in [4.69, 9.17) is 9.47 Å². The van der Waals surface area contributed by atoms with Gasteiger partial charge in [-0.1, -0.05) is 0 Å². The van der Waals surface area contributed by atoms with Crippen LogP contribution in [-0.2, 0) is 9.47 Å². The van der Waals surface area contributed by atoms with Crippen molar-refractivity contribution in [2.45, 2.75) is 50.5 Å². The van der Waals surface area contributed by atoms with Crippen molar-refractivity contribution >= 4 is 0 Å². The Bertz CT molecular complexity index is 493. The van der Waals surface area contributed by atoms with Crippen LogP contribution in [-0.4, -0.2) is 25.0 Å². The molecule has 1 aliphatic carbocycles. The first-order valence-electron chi connectivity index (χ1n) is 7.57. The van der Waals surface area contributed by atoms with Gasteiger partial charge < -0.3 is 14.8 Å². The fourth-order valence-electron chi connectivity index (χ4n) is 3.30. The zero-order chi connectivity index (χ0) is 14.9. The third-order valence-electron chi connectivity index (χ3n) is 4.47. The van der Waals surface area contributed by atoms with E-state index in [-0.39, 0.29) is 23.7 Å². The Morgan fingerprint density at radius 2 is 1.86 bits per heavy atom. The Hall–Kier alpha value is -1.04. The maximum absolute atomic E-state index is 13.8. The van der Waals surface area contributed by atoms with Crippen LogP contribution in [0.4, 0.5) is 8.78 Å². The van der Waals surface area contributed by atoms with Gasteiger partial charge in [0.2, 0.25) is 0 Å². The minimum absolute atomic E-state index is 0.217. The highest BCUT2D eigenvalue weighted by Crippen LogP contribution is 2.36. The average Bonchev–Trinajstić information content (AvgIpc) is 2.93. The Labute approximate surface area is 123 Å². The first kappa shape index (κ1) is 14.9. The summed E-state index contributed by atoms with van der Waals surface area (Å²) in [6.07, 6.45) is 3.54. The largest absolute Gasteiger partial charge is 0.348 e. The maximum Gasteiger partial charge on any atom is 0.168 e. The van der Waals surface area contributed by atoms with Crippen molar-refractivity contribution in [3.63, 3.8) is 0 Å². The van der Waals surface area contributed by atoms with E-state index in [0.29, 0.717) is 18.8 Å². The van der Waals surface area contributed by atoms with Gasteiger partial charge in [-0.15, -0.1) is 0 Å². The van der Waals surface area contributed by atoms with Gasteiger partial charge in [-0.25, -0.2) is 8.78 Å². The molecule has 3 rings (SSSR count). The smallest absolute Gasteiger partial charge is 0.168 e. The predicted octanol–water partition coefficient (Wildman–Crippen LogP) is 3.30. The Morgan fingerprint density at radius 3 is 2.52 bits per heavy atom. The number of hydrogen-bond donors (Lipinski definition) is 1. The molecule has 116 valence electrons. The molecule has 21 heavy (non-hydrogen) atoms. The molecular formula is C16H21F2NO2. The van der Waals surface area contributed by atoms with Gasteiger partial charge in [-0.05, 0) is 38.0 Å². The Morgan fingerprint density at radius 1 is 1.19 bits per heavy atom. The van der Waals surface area contributed by atoms with Crippen LogP contribution in [0.2, 0.25) is 0 Å². The summed E-state index contributed by atoms with van der Waals surface area (Å²) in [6.45, 7) is 3.21. The minimum Gasteiger partial charge on any atom is -0.348 e. The van der Waals surface area contributed by atoms with E-state index in [1.54, 1.807) is 0 Å². The highest BCUT2D eigenvalue weighted by molar-refractivity contribution is 5.22. The molecule has 1 aromatic rings. The summed E-state index contributed by atoms with van der Waals surface area (Å²) in [5.74, 6) is -1.16. The molecule has 3 nitrogen and oxygen atoms in total. The zero-order valence-corrected chi connectivity index (χ0v) is 12.2. The van der Waals surface area contributed by atoms with E-state index in [1.807, 2.05) is 6.92 Å². The topological polar surface area (TPSA) is 30.5 Å². The van der Waals surface area contributed by atoms with Crippen LogP contribution in [0.25, 0.3) is 0 Å². The maximum atomic E-state index is 13.8. The second-order valence-electron chi connectivity index (χ2n) is 5.94.